The molecular formula is C23H14Br4N2O3. The number of rotatable bonds is 3. The molecule has 0 saturated heterocycles. The van der Waals surface area contributed by atoms with Crippen LogP contribution in [0, 0.1) is 13.8 Å². The van der Waals surface area contributed by atoms with Gasteiger partial charge in [0.05, 0.1) is 16.8 Å². The molecule has 3 amide bonds. The normalized spacial score (nSPS) is 12.9. The van der Waals surface area contributed by atoms with Crippen molar-refractivity contribution in [2.75, 3.05) is 10.2 Å². The molecule has 1 aliphatic rings. The summed E-state index contributed by atoms with van der Waals surface area (Å²) in [7, 11) is 0. The van der Waals surface area contributed by atoms with E-state index in [1.165, 1.54) is 0 Å². The van der Waals surface area contributed by atoms with Gasteiger partial charge in [-0.05, 0) is 125 Å². The predicted molar refractivity (Wildman–Crippen MR) is 139 cm³/mol. The molecule has 0 spiro atoms. The zero-order valence-electron chi connectivity index (χ0n) is 16.7. The quantitative estimate of drug-likeness (QED) is 0.178. The van der Waals surface area contributed by atoms with Gasteiger partial charge in [-0.2, -0.15) is 0 Å². The van der Waals surface area contributed by atoms with Crippen molar-refractivity contribution in [1.29, 1.82) is 0 Å². The average Bonchev–Trinajstić information content (AvgIpc) is 3.03. The fourth-order valence-electron chi connectivity index (χ4n) is 3.37. The van der Waals surface area contributed by atoms with Gasteiger partial charge in [-0.15, -0.1) is 0 Å². The highest BCUT2D eigenvalue weighted by Gasteiger charge is 2.41. The van der Waals surface area contributed by atoms with Crippen molar-refractivity contribution < 1.29 is 14.4 Å². The van der Waals surface area contributed by atoms with E-state index >= 15 is 0 Å². The first kappa shape index (κ1) is 23.4. The number of carbonyl (C=O) groups is 3. The van der Waals surface area contributed by atoms with Gasteiger partial charge >= 0.3 is 0 Å². The largest absolute Gasteiger partial charge is 0.322 e. The Bertz CT molecular complexity index is 1270. The van der Waals surface area contributed by atoms with Crippen LogP contribution in [0.25, 0.3) is 0 Å². The first-order chi connectivity index (χ1) is 15.1. The van der Waals surface area contributed by atoms with E-state index in [4.69, 9.17) is 0 Å². The maximum absolute atomic E-state index is 13.1. The molecule has 1 N–H and O–H groups in total. The highest BCUT2D eigenvalue weighted by Crippen LogP contribution is 2.46. The molecule has 162 valence electrons. The third-order valence-electron chi connectivity index (χ3n) is 5.25. The highest BCUT2D eigenvalue weighted by atomic mass is 79.9. The lowest BCUT2D eigenvalue weighted by Crippen LogP contribution is -2.29. The van der Waals surface area contributed by atoms with Gasteiger partial charge in [0.25, 0.3) is 17.7 Å². The van der Waals surface area contributed by atoms with Gasteiger partial charge in [0.2, 0.25) is 0 Å². The van der Waals surface area contributed by atoms with E-state index in [1.807, 2.05) is 32.0 Å². The minimum Gasteiger partial charge on any atom is -0.322 e. The van der Waals surface area contributed by atoms with Crippen LogP contribution in [0.4, 0.5) is 11.4 Å². The molecule has 0 radical (unpaired) electrons. The number of amides is 3. The van der Waals surface area contributed by atoms with E-state index in [2.05, 4.69) is 69.0 Å². The van der Waals surface area contributed by atoms with Crippen LogP contribution in [-0.4, -0.2) is 17.7 Å². The number of nitrogens with one attached hydrogen (secondary N) is 1. The summed E-state index contributed by atoms with van der Waals surface area (Å²) in [5, 5.41) is 2.87. The smallest absolute Gasteiger partial charge is 0.267 e. The minimum atomic E-state index is -0.446. The van der Waals surface area contributed by atoms with E-state index in [-0.39, 0.29) is 17.0 Å². The van der Waals surface area contributed by atoms with Crippen LogP contribution >= 0.6 is 63.7 Å². The van der Waals surface area contributed by atoms with Gasteiger partial charge in [-0.1, -0.05) is 6.07 Å². The lowest BCUT2D eigenvalue weighted by molar-refractivity contribution is 0.0925. The number of fused-ring (bicyclic) bond motifs is 1. The molecule has 3 aromatic carbocycles. The second-order valence-electron chi connectivity index (χ2n) is 7.25. The summed E-state index contributed by atoms with van der Waals surface area (Å²) < 4.78 is 2.25. The van der Waals surface area contributed by atoms with Crippen LogP contribution < -0.4 is 10.2 Å². The van der Waals surface area contributed by atoms with E-state index < -0.39 is 11.8 Å². The van der Waals surface area contributed by atoms with Crippen molar-refractivity contribution in [3.63, 3.8) is 0 Å². The number of imide groups is 1. The summed E-state index contributed by atoms with van der Waals surface area (Å²) >= 11 is 13.6. The molecule has 32 heavy (non-hydrogen) atoms. The second-order valence-corrected chi connectivity index (χ2v) is 10.4. The monoisotopic (exact) mass is 682 g/mol. The van der Waals surface area contributed by atoms with Gasteiger partial charge in [0.15, 0.2) is 0 Å². The number of anilines is 2. The van der Waals surface area contributed by atoms with Crippen molar-refractivity contribution in [2.45, 2.75) is 13.8 Å². The van der Waals surface area contributed by atoms with Crippen LogP contribution in [-0.2, 0) is 0 Å². The number of nitrogens with zero attached hydrogens (tertiary/aromatic N) is 1. The lowest BCUT2D eigenvalue weighted by Gasteiger charge is -2.14. The number of hydrogen-bond acceptors (Lipinski definition) is 3. The number of hydrogen-bond donors (Lipinski definition) is 1. The van der Waals surface area contributed by atoms with Crippen molar-refractivity contribution in [3.05, 3.63) is 88.2 Å². The molecule has 0 bridgehead atoms. The zero-order valence-corrected chi connectivity index (χ0v) is 23.1. The molecule has 0 unspecified atom stereocenters. The summed E-state index contributed by atoms with van der Waals surface area (Å²) in [6.07, 6.45) is 0. The Morgan fingerprint density at radius 2 is 1.28 bits per heavy atom. The predicted octanol–water partition coefficient (Wildman–Crippen LogP) is 7.41. The van der Waals surface area contributed by atoms with Crippen molar-refractivity contribution in [2.24, 2.45) is 0 Å². The van der Waals surface area contributed by atoms with E-state index in [0.29, 0.717) is 34.8 Å². The summed E-state index contributed by atoms with van der Waals surface area (Å²) in [4.78, 5) is 39.9. The maximum atomic E-state index is 13.1. The summed E-state index contributed by atoms with van der Waals surface area (Å²) in [5.41, 5.74) is 4.27. The zero-order chi connectivity index (χ0) is 23.3. The lowest BCUT2D eigenvalue weighted by atomic mass is 10.1. The van der Waals surface area contributed by atoms with Gasteiger partial charge in [0.1, 0.15) is 0 Å². The summed E-state index contributed by atoms with van der Waals surface area (Å²) in [6, 6.07) is 12.1. The Labute approximate surface area is 218 Å². The van der Waals surface area contributed by atoms with Crippen LogP contribution in [0.15, 0.2) is 60.4 Å². The van der Waals surface area contributed by atoms with E-state index in [0.717, 1.165) is 16.0 Å². The average molecular weight is 686 g/mol. The third kappa shape index (κ3) is 3.89. The van der Waals surface area contributed by atoms with Crippen molar-refractivity contribution >= 4 is 92.8 Å². The number of benzene rings is 3. The van der Waals surface area contributed by atoms with Crippen LogP contribution in [0.2, 0.25) is 0 Å². The number of aryl methyl sites for hydroxylation is 2. The molecule has 0 aromatic heterocycles. The fraction of sp³-hybridized carbons (Fsp3) is 0.0870. The fourth-order valence-corrected chi connectivity index (χ4v) is 5.83. The van der Waals surface area contributed by atoms with Gasteiger partial charge in [0, 0.05) is 29.1 Å². The molecule has 0 saturated carbocycles. The molecule has 1 heterocycles. The van der Waals surface area contributed by atoms with E-state index in [1.54, 1.807) is 24.3 Å². The molecular weight excluding hydrogens is 672 g/mol. The third-order valence-corrected chi connectivity index (χ3v) is 10.0. The van der Waals surface area contributed by atoms with Gasteiger partial charge in [-0.3, -0.25) is 14.4 Å². The SMILES string of the molecule is Cc1ccc(NC(=O)c2ccc(N3C(=O)c4c(Br)c(Br)c(Br)c(Br)c4C3=O)cc2)cc1C. The second kappa shape index (κ2) is 8.85. The van der Waals surface area contributed by atoms with Gasteiger partial charge in [-0.25, -0.2) is 4.90 Å². The topological polar surface area (TPSA) is 66.5 Å². The van der Waals surface area contributed by atoms with Gasteiger partial charge < -0.3 is 5.32 Å². The molecule has 4 rings (SSSR count). The van der Waals surface area contributed by atoms with Crippen molar-refractivity contribution in [3.8, 4) is 0 Å². The van der Waals surface area contributed by atoms with Crippen LogP contribution in [0.3, 0.4) is 0 Å². The molecule has 1 aliphatic heterocycles. The molecule has 0 aliphatic carbocycles. The first-order valence-corrected chi connectivity index (χ1v) is 12.5. The molecule has 0 atom stereocenters. The Kier molecular flexibility index (Phi) is 6.46. The Balaban J connectivity index is 1.62. The Morgan fingerprint density at radius 3 is 1.78 bits per heavy atom. The maximum Gasteiger partial charge on any atom is 0.267 e. The Morgan fingerprint density at radius 1 is 0.750 bits per heavy atom. The van der Waals surface area contributed by atoms with Crippen LogP contribution in [0.5, 0.6) is 0 Å². The van der Waals surface area contributed by atoms with E-state index in [9.17, 15) is 14.4 Å². The standard InChI is InChI=1S/C23H14Br4N2O3/c1-10-3-6-13(9-11(10)2)28-21(30)12-4-7-14(8-5-12)29-22(31)15-16(23(29)32)18(25)20(27)19(26)17(15)24/h3-9H,1-2H3,(H,28,30). The van der Waals surface area contributed by atoms with Crippen molar-refractivity contribution in [1.82, 2.24) is 0 Å². The molecule has 3 aromatic rings. The number of carbonyl (C=O) groups excluding carboxylic acids is 3. The van der Waals surface area contributed by atoms with Crippen LogP contribution in [0.1, 0.15) is 42.2 Å². The molecule has 5 nitrogen and oxygen atoms in total. The summed E-state index contributed by atoms with van der Waals surface area (Å²) in [5.74, 6) is -1.17. The first-order valence-electron chi connectivity index (χ1n) is 9.35. The highest BCUT2D eigenvalue weighted by molar-refractivity contribution is 9.15. The summed E-state index contributed by atoms with van der Waals surface area (Å²) in [6.45, 7) is 3.99. The Hall–Kier alpha value is -1.81. The minimum absolute atomic E-state index is 0.272. The number of halogens is 4. The molecule has 0 fully saturated rings. The molecule has 9 heteroatoms.